The Morgan fingerprint density at radius 3 is 2.53 bits per heavy atom. The lowest BCUT2D eigenvalue weighted by Crippen LogP contribution is -1.92. The molecule has 17 heavy (non-hydrogen) atoms. The Morgan fingerprint density at radius 1 is 1.29 bits per heavy atom. The summed E-state index contributed by atoms with van der Waals surface area (Å²) in [5, 5.41) is 5.70. The van der Waals surface area contributed by atoms with Crippen molar-refractivity contribution in [1.82, 2.24) is 15.2 Å². The molecule has 0 aliphatic rings. The van der Waals surface area contributed by atoms with Crippen molar-refractivity contribution in [3.05, 3.63) is 27.1 Å². The summed E-state index contributed by atoms with van der Waals surface area (Å²) in [6.07, 6.45) is 0. The van der Waals surface area contributed by atoms with E-state index in [0.717, 1.165) is 8.95 Å². The van der Waals surface area contributed by atoms with E-state index in [1.54, 1.807) is 18.2 Å². The van der Waals surface area contributed by atoms with Gasteiger partial charge in [0, 0.05) is 25.2 Å². The molecule has 0 spiro atoms. The van der Waals surface area contributed by atoms with Crippen LogP contribution in [-0.4, -0.2) is 23.6 Å². The molecule has 1 aromatic carbocycles. The third-order valence-corrected chi connectivity index (χ3v) is 4.10. The number of nitrogens with zero attached hydrogens (tertiary/aromatic N) is 2. The van der Waals surface area contributed by atoms with Gasteiger partial charge in [0.1, 0.15) is 0 Å². The molecule has 5 nitrogen and oxygen atoms in total. The molecule has 0 unspecified atom stereocenters. The summed E-state index contributed by atoms with van der Waals surface area (Å²) in [4.78, 5) is 3.81. The van der Waals surface area contributed by atoms with Gasteiger partial charge < -0.3 is 0 Å². The van der Waals surface area contributed by atoms with Crippen molar-refractivity contribution in [2.45, 2.75) is 5.16 Å². The van der Waals surface area contributed by atoms with Crippen molar-refractivity contribution in [2.24, 2.45) is 0 Å². The van der Waals surface area contributed by atoms with Crippen molar-refractivity contribution in [3.8, 4) is 11.4 Å². The normalized spacial score (nSPS) is 11.7. The number of aromatic amines is 1. The van der Waals surface area contributed by atoms with E-state index in [2.05, 4.69) is 47.0 Å². The van der Waals surface area contributed by atoms with Gasteiger partial charge in [-0.2, -0.15) is 10.1 Å². The molecule has 0 atom stereocenters. The van der Waals surface area contributed by atoms with Gasteiger partial charge >= 0.3 is 0 Å². The highest BCUT2D eigenvalue weighted by molar-refractivity contribution is 9.11. The molecule has 0 aliphatic carbocycles. The molecule has 90 valence electrons. The lowest BCUT2D eigenvalue weighted by Gasteiger charge is -1.99. The second-order valence-corrected chi connectivity index (χ2v) is 7.28. The molecule has 2 aromatic rings. The van der Waals surface area contributed by atoms with Crippen LogP contribution in [0.25, 0.3) is 11.4 Å². The highest BCUT2D eigenvalue weighted by atomic mass is 79.9. The van der Waals surface area contributed by atoms with Crippen LogP contribution in [0, 0.1) is 0 Å². The summed E-state index contributed by atoms with van der Waals surface area (Å²) < 4.78 is 23.7. The van der Waals surface area contributed by atoms with Gasteiger partial charge in [-0.25, -0.2) is 13.5 Å². The highest BCUT2D eigenvalue weighted by Gasteiger charge is 2.17. The average molecular weight is 401 g/mol. The summed E-state index contributed by atoms with van der Waals surface area (Å²) in [5.74, 6) is 0.253. The van der Waals surface area contributed by atoms with Crippen molar-refractivity contribution in [2.75, 3.05) is 0 Å². The number of rotatable bonds is 2. The molecule has 1 aromatic heterocycles. The van der Waals surface area contributed by atoms with E-state index in [1.807, 2.05) is 0 Å². The molecule has 0 fully saturated rings. The molecule has 2 rings (SSSR count). The zero-order valence-corrected chi connectivity index (χ0v) is 12.7. The van der Waals surface area contributed by atoms with Crippen LogP contribution in [0.3, 0.4) is 0 Å². The topological polar surface area (TPSA) is 75.7 Å². The molecular formula is C8H4Br2ClN3O2S. The van der Waals surface area contributed by atoms with Crippen LogP contribution < -0.4 is 0 Å². The van der Waals surface area contributed by atoms with Gasteiger partial charge in [-0.15, -0.1) is 0 Å². The Balaban J connectivity index is 2.51. The van der Waals surface area contributed by atoms with Crippen LogP contribution >= 0.6 is 42.5 Å². The SMILES string of the molecule is O=S(=O)(Cl)c1nc(-c2ccc(Br)cc2Br)n[nH]1. The number of hydrogen-bond donors (Lipinski definition) is 1. The Morgan fingerprint density at radius 2 is 2.00 bits per heavy atom. The van der Waals surface area contributed by atoms with E-state index in [9.17, 15) is 8.42 Å². The largest absolute Gasteiger partial charge is 0.296 e. The zero-order valence-electron chi connectivity index (χ0n) is 7.99. The Labute approximate surface area is 118 Å². The first-order chi connectivity index (χ1) is 7.88. The van der Waals surface area contributed by atoms with Crippen molar-refractivity contribution in [3.63, 3.8) is 0 Å². The second kappa shape index (κ2) is 4.68. The molecule has 1 heterocycles. The number of halogens is 3. The molecule has 1 N–H and O–H groups in total. The zero-order chi connectivity index (χ0) is 12.6. The third kappa shape index (κ3) is 2.87. The number of H-pyrrole nitrogens is 1. The van der Waals surface area contributed by atoms with Crippen molar-refractivity contribution < 1.29 is 8.42 Å². The monoisotopic (exact) mass is 399 g/mol. The number of nitrogens with one attached hydrogen (secondary N) is 1. The van der Waals surface area contributed by atoms with Gasteiger partial charge in [0.25, 0.3) is 14.2 Å². The fourth-order valence-corrected chi connectivity index (χ4v) is 2.93. The van der Waals surface area contributed by atoms with E-state index in [4.69, 9.17) is 10.7 Å². The van der Waals surface area contributed by atoms with Gasteiger partial charge in [-0.3, -0.25) is 0 Å². The Kier molecular flexibility index (Phi) is 3.58. The van der Waals surface area contributed by atoms with Crippen LogP contribution in [0.1, 0.15) is 0 Å². The van der Waals surface area contributed by atoms with Crippen molar-refractivity contribution >= 4 is 51.6 Å². The predicted octanol–water partition coefficient (Wildman–Crippen LogP) is 2.92. The molecule has 0 saturated heterocycles. The predicted molar refractivity (Wildman–Crippen MR) is 70.3 cm³/mol. The number of benzene rings is 1. The summed E-state index contributed by atoms with van der Waals surface area (Å²) in [6.45, 7) is 0. The van der Waals surface area contributed by atoms with E-state index in [0.29, 0.717) is 5.56 Å². The highest BCUT2D eigenvalue weighted by Crippen LogP contribution is 2.29. The summed E-state index contributed by atoms with van der Waals surface area (Å²) >= 11 is 6.65. The van der Waals surface area contributed by atoms with Crippen molar-refractivity contribution in [1.29, 1.82) is 0 Å². The Bertz CT molecular complexity index is 671. The summed E-state index contributed by atoms with van der Waals surface area (Å²) in [5.41, 5.74) is 0.663. The standard InChI is InChI=1S/C8H4Br2ClN3O2S/c9-4-1-2-5(6(10)3-4)7-12-8(14-13-7)17(11,15)16/h1-3H,(H,12,13,14). The Hall–Kier alpha value is -0.440. The number of aromatic nitrogens is 3. The molecule has 0 aliphatic heterocycles. The van der Waals surface area contributed by atoms with Crippen LogP contribution in [0.15, 0.2) is 32.3 Å². The fraction of sp³-hybridized carbons (Fsp3) is 0. The molecule has 0 saturated carbocycles. The van der Waals surface area contributed by atoms with Crippen LogP contribution in [0.2, 0.25) is 0 Å². The first-order valence-electron chi connectivity index (χ1n) is 4.20. The quantitative estimate of drug-likeness (QED) is 0.785. The maximum atomic E-state index is 11.0. The van der Waals surface area contributed by atoms with E-state index >= 15 is 0 Å². The van der Waals surface area contributed by atoms with Crippen LogP contribution in [0.4, 0.5) is 0 Å². The summed E-state index contributed by atoms with van der Waals surface area (Å²) in [6, 6.07) is 5.36. The second-order valence-electron chi connectivity index (χ2n) is 3.03. The van der Waals surface area contributed by atoms with E-state index in [1.165, 1.54) is 0 Å². The maximum absolute atomic E-state index is 11.0. The maximum Gasteiger partial charge on any atom is 0.296 e. The number of hydrogen-bond acceptors (Lipinski definition) is 4. The van der Waals surface area contributed by atoms with Crippen LogP contribution in [0.5, 0.6) is 0 Å². The van der Waals surface area contributed by atoms with Gasteiger partial charge in [-0.05, 0) is 34.1 Å². The fourth-order valence-electron chi connectivity index (χ4n) is 1.15. The first-order valence-corrected chi connectivity index (χ1v) is 8.10. The van der Waals surface area contributed by atoms with E-state index in [-0.39, 0.29) is 11.0 Å². The van der Waals surface area contributed by atoms with Gasteiger partial charge in [0.2, 0.25) is 0 Å². The summed E-state index contributed by atoms with van der Waals surface area (Å²) in [7, 11) is 1.25. The lowest BCUT2D eigenvalue weighted by atomic mass is 10.2. The minimum atomic E-state index is -3.89. The molecule has 0 bridgehead atoms. The van der Waals surface area contributed by atoms with Gasteiger partial charge in [0.15, 0.2) is 5.82 Å². The van der Waals surface area contributed by atoms with Crippen LogP contribution in [-0.2, 0) is 9.05 Å². The van der Waals surface area contributed by atoms with Gasteiger partial charge in [0.05, 0.1) is 0 Å². The third-order valence-electron chi connectivity index (χ3n) is 1.87. The molecular weight excluding hydrogens is 397 g/mol. The molecule has 0 amide bonds. The first kappa shape index (κ1) is 13.0. The molecule has 9 heteroatoms. The minimum absolute atomic E-state index is 0.253. The van der Waals surface area contributed by atoms with E-state index < -0.39 is 9.05 Å². The van der Waals surface area contributed by atoms with Gasteiger partial charge in [-0.1, -0.05) is 15.9 Å². The minimum Gasteiger partial charge on any atom is -0.248 e. The smallest absolute Gasteiger partial charge is 0.248 e. The molecule has 0 radical (unpaired) electrons. The average Bonchev–Trinajstić information content (AvgIpc) is 2.65. The lowest BCUT2D eigenvalue weighted by molar-refractivity contribution is 0.602.